The third-order valence-corrected chi connectivity index (χ3v) is 5.00. The molecule has 0 atom stereocenters. The van der Waals surface area contributed by atoms with E-state index in [0.29, 0.717) is 44.3 Å². The molecule has 1 aromatic heterocycles. The maximum Gasteiger partial charge on any atom is 0.265 e. The first kappa shape index (κ1) is 14.5. The number of nitrogens with zero attached hydrogens (tertiary/aromatic N) is 3. The molecule has 0 N–H and O–H groups in total. The molecular formula is C14H19N3O3S. The summed E-state index contributed by atoms with van der Waals surface area (Å²) in [4.78, 5) is 33.2. The Morgan fingerprint density at radius 3 is 2.43 bits per heavy atom. The molecule has 0 aromatic carbocycles. The fourth-order valence-corrected chi connectivity index (χ4v) is 3.60. The summed E-state index contributed by atoms with van der Waals surface area (Å²) < 4.78 is 5.25. The lowest BCUT2D eigenvalue weighted by Gasteiger charge is -2.41. The normalized spacial score (nSPS) is 19.5. The summed E-state index contributed by atoms with van der Waals surface area (Å²) in [6, 6.07) is 0. The largest absolute Gasteiger partial charge is 0.378 e. The van der Waals surface area contributed by atoms with Gasteiger partial charge in [-0.25, -0.2) is 4.98 Å². The minimum atomic E-state index is -0.0543. The average molecular weight is 309 g/mol. The Morgan fingerprint density at radius 1 is 1.19 bits per heavy atom. The lowest BCUT2D eigenvalue weighted by molar-refractivity contribution is -0.143. The van der Waals surface area contributed by atoms with Crippen LogP contribution >= 0.6 is 11.3 Å². The van der Waals surface area contributed by atoms with Crippen LogP contribution in [0.3, 0.4) is 0 Å². The number of morpholine rings is 1. The van der Waals surface area contributed by atoms with Gasteiger partial charge in [-0.05, 0) is 13.8 Å². The van der Waals surface area contributed by atoms with Gasteiger partial charge in [0.2, 0.25) is 5.91 Å². The number of thiazole rings is 1. The van der Waals surface area contributed by atoms with E-state index < -0.39 is 0 Å². The standard InChI is InChI=1S/C14H19N3O3S/c1-9-12(21-10(2)15-9)14(19)17-7-11(8-17)13(18)16-3-5-20-6-4-16/h11H,3-8H2,1-2H3. The van der Waals surface area contributed by atoms with E-state index in [4.69, 9.17) is 4.74 Å². The van der Waals surface area contributed by atoms with E-state index in [0.717, 1.165) is 10.7 Å². The van der Waals surface area contributed by atoms with Gasteiger partial charge in [0.1, 0.15) is 4.88 Å². The van der Waals surface area contributed by atoms with Gasteiger partial charge in [0.25, 0.3) is 5.91 Å². The third kappa shape index (κ3) is 2.80. The summed E-state index contributed by atoms with van der Waals surface area (Å²) in [5, 5.41) is 0.900. The molecule has 114 valence electrons. The van der Waals surface area contributed by atoms with Gasteiger partial charge in [-0.15, -0.1) is 11.3 Å². The number of aryl methyl sites for hydroxylation is 2. The van der Waals surface area contributed by atoms with Crippen molar-refractivity contribution in [1.29, 1.82) is 0 Å². The molecular weight excluding hydrogens is 290 g/mol. The minimum absolute atomic E-state index is 0.00382. The van der Waals surface area contributed by atoms with E-state index in [-0.39, 0.29) is 17.7 Å². The van der Waals surface area contributed by atoms with E-state index >= 15 is 0 Å². The highest BCUT2D eigenvalue weighted by Gasteiger charge is 2.39. The molecule has 1 aromatic rings. The Balaban J connectivity index is 1.56. The third-order valence-electron chi connectivity index (χ3n) is 3.94. The summed E-state index contributed by atoms with van der Waals surface area (Å²) in [5.74, 6) is 0.102. The van der Waals surface area contributed by atoms with Gasteiger partial charge in [-0.3, -0.25) is 9.59 Å². The van der Waals surface area contributed by atoms with Crippen molar-refractivity contribution in [2.45, 2.75) is 13.8 Å². The number of amides is 2. The topological polar surface area (TPSA) is 62.7 Å². The number of rotatable bonds is 2. The molecule has 6 nitrogen and oxygen atoms in total. The van der Waals surface area contributed by atoms with Crippen LogP contribution in [0.1, 0.15) is 20.4 Å². The van der Waals surface area contributed by atoms with Gasteiger partial charge in [0, 0.05) is 26.2 Å². The van der Waals surface area contributed by atoms with Crippen LogP contribution in [-0.4, -0.2) is 66.0 Å². The lowest BCUT2D eigenvalue weighted by Crippen LogP contribution is -2.57. The molecule has 2 fully saturated rings. The van der Waals surface area contributed by atoms with Crippen LogP contribution in [0.15, 0.2) is 0 Å². The SMILES string of the molecule is Cc1nc(C)c(C(=O)N2CC(C(=O)N3CCOCC3)C2)s1. The van der Waals surface area contributed by atoms with E-state index in [1.54, 1.807) is 4.90 Å². The molecule has 3 rings (SSSR count). The monoisotopic (exact) mass is 309 g/mol. The number of carbonyl (C=O) groups is 2. The number of hydrogen-bond acceptors (Lipinski definition) is 5. The predicted molar refractivity (Wildman–Crippen MR) is 78.4 cm³/mol. The highest BCUT2D eigenvalue weighted by Crippen LogP contribution is 2.25. The van der Waals surface area contributed by atoms with E-state index in [1.165, 1.54) is 11.3 Å². The number of aromatic nitrogens is 1. The fourth-order valence-electron chi connectivity index (χ4n) is 2.72. The average Bonchev–Trinajstić information content (AvgIpc) is 2.77. The number of hydrogen-bond donors (Lipinski definition) is 0. The molecule has 2 amide bonds. The van der Waals surface area contributed by atoms with E-state index in [1.807, 2.05) is 18.7 Å². The zero-order valence-corrected chi connectivity index (χ0v) is 13.1. The van der Waals surface area contributed by atoms with Gasteiger partial charge >= 0.3 is 0 Å². The maximum absolute atomic E-state index is 12.4. The molecule has 0 spiro atoms. The second-order valence-corrected chi connectivity index (χ2v) is 6.70. The molecule has 21 heavy (non-hydrogen) atoms. The summed E-state index contributed by atoms with van der Waals surface area (Å²) in [6.07, 6.45) is 0. The first-order valence-corrected chi connectivity index (χ1v) is 7.97. The lowest BCUT2D eigenvalue weighted by atomic mass is 9.97. The summed E-state index contributed by atoms with van der Waals surface area (Å²) >= 11 is 1.42. The van der Waals surface area contributed by atoms with Gasteiger partial charge in [-0.1, -0.05) is 0 Å². The summed E-state index contributed by atoms with van der Waals surface area (Å²) in [6.45, 7) is 7.34. The fraction of sp³-hybridized carbons (Fsp3) is 0.643. The van der Waals surface area contributed by atoms with Crippen molar-refractivity contribution in [3.63, 3.8) is 0 Å². The molecule has 0 unspecified atom stereocenters. The maximum atomic E-state index is 12.4. The van der Waals surface area contributed by atoms with Crippen molar-refractivity contribution in [2.75, 3.05) is 39.4 Å². The molecule has 2 aliphatic rings. The van der Waals surface area contributed by atoms with Crippen molar-refractivity contribution < 1.29 is 14.3 Å². The summed E-state index contributed by atoms with van der Waals surface area (Å²) in [5.41, 5.74) is 0.783. The number of likely N-dealkylation sites (tertiary alicyclic amines) is 1. The highest BCUT2D eigenvalue weighted by atomic mass is 32.1. The molecule has 3 heterocycles. The smallest absolute Gasteiger partial charge is 0.265 e. The Hall–Kier alpha value is -1.47. The molecule has 0 aliphatic carbocycles. The van der Waals surface area contributed by atoms with E-state index in [9.17, 15) is 9.59 Å². The van der Waals surface area contributed by atoms with Gasteiger partial charge in [0.15, 0.2) is 0 Å². The van der Waals surface area contributed by atoms with Crippen LogP contribution in [-0.2, 0) is 9.53 Å². The zero-order chi connectivity index (χ0) is 15.0. The van der Waals surface area contributed by atoms with Crippen LogP contribution in [0, 0.1) is 19.8 Å². The number of ether oxygens (including phenoxy) is 1. The van der Waals surface area contributed by atoms with Crippen LogP contribution in [0.4, 0.5) is 0 Å². The van der Waals surface area contributed by atoms with Crippen molar-refractivity contribution in [3.8, 4) is 0 Å². The Kier molecular flexibility index (Phi) is 3.95. The first-order valence-electron chi connectivity index (χ1n) is 7.16. The van der Waals surface area contributed by atoms with Crippen LogP contribution < -0.4 is 0 Å². The highest BCUT2D eigenvalue weighted by molar-refractivity contribution is 7.13. The zero-order valence-electron chi connectivity index (χ0n) is 12.3. The van der Waals surface area contributed by atoms with Crippen molar-refractivity contribution in [3.05, 3.63) is 15.6 Å². The van der Waals surface area contributed by atoms with Gasteiger partial charge in [-0.2, -0.15) is 0 Å². The first-order chi connectivity index (χ1) is 10.1. The molecule has 2 aliphatic heterocycles. The second kappa shape index (κ2) is 5.73. The van der Waals surface area contributed by atoms with Crippen molar-refractivity contribution in [1.82, 2.24) is 14.8 Å². The molecule has 0 radical (unpaired) electrons. The van der Waals surface area contributed by atoms with Gasteiger partial charge < -0.3 is 14.5 Å². The Labute approximate surface area is 127 Å². The molecule has 0 saturated carbocycles. The molecule has 0 bridgehead atoms. The van der Waals surface area contributed by atoms with Crippen molar-refractivity contribution in [2.24, 2.45) is 5.92 Å². The minimum Gasteiger partial charge on any atom is -0.378 e. The number of carbonyl (C=O) groups excluding carboxylic acids is 2. The van der Waals surface area contributed by atoms with Gasteiger partial charge in [0.05, 0.1) is 29.8 Å². The quantitative estimate of drug-likeness (QED) is 0.806. The van der Waals surface area contributed by atoms with E-state index in [2.05, 4.69) is 4.98 Å². The summed E-state index contributed by atoms with van der Waals surface area (Å²) in [7, 11) is 0. The van der Waals surface area contributed by atoms with Crippen molar-refractivity contribution >= 4 is 23.2 Å². The molecule has 7 heteroatoms. The van der Waals surface area contributed by atoms with Crippen LogP contribution in [0.2, 0.25) is 0 Å². The molecule has 2 saturated heterocycles. The predicted octanol–water partition coefficient (Wildman–Crippen LogP) is 0.691. The second-order valence-electron chi connectivity index (χ2n) is 5.49. The Morgan fingerprint density at radius 2 is 1.86 bits per heavy atom. The Bertz CT molecular complexity index is 560. The van der Waals surface area contributed by atoms with Crippen LogP contribution in [0.25, 0.3) is 0 Å². The van der Waals surface area contributed by atoms with Crippen LogP contribution in [0.5, 0.6) is 0 Å².